The first-order chi connectivity index (χ1) is 5.79. The fraction of sp³-hybridized carbons (Fsp3) is 0.200. The summed E-state index contributed by atoms with van der Waals surface area (Å²) in [5.74, 6) is 0. The Kier molecular flexibility index (Phi) is 2.20. The highest BCUT2D eigenvalue weighted by molar-refractivity contribution is 7.90. The first-order valence-corrected chi connectivity index (χ1v) is 4.88. The molecule has 0 atom stereocenters. The smallest absolute Gasteiger partial charge is 0.00833 e. The van der Waals surface area contributed by atoms with Crippen molar-refractivity contribution in [3.8, 4) is 0 Å². The van der Waals surface area contributed by atoms with E-state index in [1.54, 1.807) is 0 Å². The number of benzene rings is 1. The van der Waals surface area contributed by atoms with Crippen molar-refractivity contribution >= 4 is 35.1 Å². The Hall–Kier alpha value is -0.340. The quantitative estimate of drug-likeness (QED) is 0.575. The molecule has 1 aromatic rings. The molecule has 0 bridgehead atoms. The van der Waals surface area contributed by atoms with Crippen LogP contribution in [0, 0.1) is 0 Å². The minimum absolute atomic E-state index is 1.03. The van der Waals surface area contributed by atoms with Crippen molar-refractivity contribution in [3.63, 3.8) is 0 Å². The van der Waals surface area contributed by atoms with E-state index in [1.165, 1.54) is 20.2 Å². The van der Waals surface area contributed by atoms with Crippen LogP contribution in [0.5, 0.6) is 0 Å². The van der Waals surface area contributed by atoms with Gasteiger partial charge in [0, 0.05) is 0 Å². The lowest BCUT2D eigenvalue weighted by atomic mass is 10.1. The summed E-state index contributed by atoms with van der Waals surface area (Å²) in [5.41, 5.74) is 0. The van der Waals surface area contributed by atoms with Gasteiger partial charge in [-0.3, -0.25) is 0 Å². The predicted octanol–water partition coefficient (Wildman–Crippen LogP) is 1.56. The molecule has 2 rings (SSSR count). The van der Waals surface area contributed by atoms with Crippen LogP contribution in [0.2, 0.25) is 0 Å². The highest BCUT2D eigenvalue weighted by Gasteiger charge is 2.04. The molecular weight excluding hydrogens is 184 g/mol. The molecule has 2 heteroatoms. The molecule has 12 heavy (non-hydrogen) atoms. The van der Waals surface area contributed by atoms with Crippen LogP contribution in [0.4, 0.5) is 0 Å². The van der Waals surface area contributed by atoms with Crippen molar-refractivity contribution in [3.05, 3.63) is 34.7 Å². The lowest BCUT2D eigenvalue weighted by Gasteiger charge is -2.08. The molecule has 0 spiro atoms. The van der Waals surface area contributed by atoms with Gasteiger partial charge in [-0.05, 0) is 33.1 Å². The molecule has 0 amide bonds. The Labute approximate surface area is 82.8 Å². The second-order valence-corrected chi connectivity index (χ2v) is 4.02. The van der Waals surface area contributed by atoms with Gasteiger partial charge in [0.05, 0.1) is 0 Å². The van der Waals surface area contributed by atoms with Gasteiger partial charge < -0.3 is 0 Å². The summed E-state index contributed by atoms with van der Waals surface area (Å²) < 4.78 is 0. The van der Waals surface area contributed by atoms with Crippen LogP contribution in [0.1, 0.15) is 12.8 Å². The summed E-state index contributed by atoms with van der Waals surface area (Å²) in [4.78, 5) is 2.37. The van der Waals surface area contributed by atoms with Gasteiger partial charge in [-0.1, -0.05) is 24.3 Å². The largest absolute Gasteiger partial charge is 0.147 e. The number of hydrogen-bond donors (Lipinski definition) is 2. The second-order valence-electron chi connectivity index (χ2n) is 2.94. The molecule has 0 aromatic heterocycles. The van der Waals surface area contributed by atoms with Crippen molar-refractivity contribution in [2.24, 2.45) is 0 Å². The Bertz CT molecular complexity index is 377. The van der Waals surface area contributed by atoms with Crippen molar-refractivity contribution in [2.75, 3.05) is 0 Å². The van der Waals surface area contributed by atoms with Gasteiger partial charge in [0.25, 0.3) is 0 Å². The van der Waals surface area contributed by atoms with Crippen LogP contribution in [-0.2, 0) is 0 Å². The van der Waals surface area contributed by atoms with Gasteiger partial charge in [0.15, 0.2) is 0 Å². The fourth-order valence-electron chi connectivity index (χ4n) is 1.49. The third-order valence-corrected chi connectivity index (χ3v) is 3.08. The molecule has 1 aliphatic rings. The maximum atomic E-state index is 4.45. The van der Waals surface area contributed by atoms with Crippen molar-refractivity contribution in [1.82, 2.24) is 0 Å². The van der Waals surface area contributed by atoms with Crippen LogP contribution in [0.15, 0.2) is 24.3 Å². The maximum Gasteiger partial charge on any atom is -0.00833 e. The number of fused-ring (bicyclic) bond motifs is 1. The van der Waals surface area contributed by atoms with Gasteiger partial charge in [-0.15, -0.1) is 25.3 Å². The highest BCUT2D eigenvalue weighted by atomic mass is 32.1. The highest BCUT2D eigenvalue weighted by Crippen LogP contribution is 2.18. The standard InChI is InChI=1S/C10H10S2/c11-9-5-6-10(12)8-4-2-1-3-7(8)9/h1-4,11-12H,5-6H2. The Morgan fingerprint density at radius 3 is 1.67 bits per heavy atom. The van der Waals surface area contributed by atoms with Crippen LogP contribution in [0.3, 0.4) is 0 Å². The van der Waals surface area contributed by atoms with Crippen molar-refractivity contribution in [1.29, 1.82) is 0 Å². The third-order valence-electron chi connectivity index (χ3n) is 2.15. The van der Waals surface area contributed by atoms with E-state index in [-0.39, 0.29) is 0 Å². The fourth-order valence-corrected chi connectivity index (χ4v) is 2.11. The Balaban J connectivity index is 2.95. The summed E-state index contributed by atoms with van der Waals surface area (Å²) >= 11 is 8.90. The van der Waals surface area contributed by atoms with E-state index >= 15 is 0 Å². The van der Waals surface area contributed by atoms with Gasteiger partial charge in [0.1, 0.15) is 0 Å². The van der Waals surface area contributed by atoms with Crippen LogP contribution in [0.25, 0.3) is 9.81 Å². The maximum absolute atomic E-state index is 4.45. The Morgan fingerprint density at radius 1 is 0.833 bits per heavy atom. The zero-order chi connectivity index (χ0) is 8.55. The zero-order valence-electron chi connectivity index (χ0n) is 6.62. The van der Waals surface area contributed by atoms with E-state index in [0.29, 0.717) is 0 Å². The van der Waals surface area contributed by atoms with E-state index < -0.39 is 0 Å². The molecule has 62 valence electrons. The lowest BCUT2D eigenvalue weighted by Crippen LogP contribution is -2.29. The summed E-state index contributed by atoms with van der Waals surface area (Å²) in [6.45, 7) is 0. The molecular formula is C10H10S2. The van der Waals surface area contributed by atoms with Gasteiger partial charge in [-0.25, -0.2) is 0 Å². The number of thiol groups is 2. The number of rotatable bonds is 0. The zero-order valence-corrected chi connectivity index (χ0v) is 8.41. The summed E-state index contributed by atoms with van der Waals surface area (Å²) in [6.07, 6.45) is 2.05. The molecule has 0 heterocycles. The van der Waals surface area contributed by atoms with Crippen LogP contribution < -0.4 is 10.4 Å². The normalized spacial score (nSPS) is 16.2. The summed E-state index contributed by atoms with van der Waals surface area (Å²) in [6, 6.07) is 8.29. The average molecular weight is 194 g/mol. The van der Waals surface area contributed by atoms with Gasteiger partial charge >= 0.3 is 0 Å². The molecule has 0 radical (unpaired) electrons. The molecule has 0 aliphatic heterocycles. The molecule has 0 saturated carbocycles. The monoisotopic (exact) mass is 194 g/mol. The van der Waals surface area contributed by atoms with Crippen LogP contribution in [-0.4, -0.2) is 0 Å². The lowest BCUT2D eigenvalue weighted by molar-refractivity contribution is 1.10. The second kappa shape index (κ2) is 3.19. The molecule has 0 unspecified atom stereocenters. The molecule has 0 nitrogen and oxygen atoms in total. The first-order valence-electron chi connectivity index (χ1n) is 3.98. The van der Waals surface area contributed by atoms with E-state index in [9.17, 15) is 0 Å². The van der Waals surface area contributed by atoms with E-state index in [2.05, 4.69) is 37.4 Å². The number of hydrogen-bond acceptors (Lipinski definition) is 2. The SMILES string of the molecule is SC1=c2ccccc2=C(S)CC1. The Morgan fingerprint density at radius 2 is 1.25 bits per heavy atom. The summed E-state index contributed by atoms with van der Waals surface area (Å²) in [7, 11) is 0. The minimum atomic E-state index is 1.03. The van der Waals surface area contributed by atoms with Crippen molar-refractivity contribution < 1.29 is 0 Å². The van der Waals surface area contributed by atoms with Gasteiger partial charge in [0.2, 0.25) is 0 Å². The van der Waals surface area contributed by atoms with Crippen LogP contribution >= 0.6 is 25.3 Å². The average Bonchev–Trinajstić information content (AvgIpc) is 2.12. The van der Waals surface area contributed by atoms with Crippen molar-refractivity contribution in [2.45, 2.75) is 12.8 Å². The molecule has 1 aromatic carbocycles. The molecule has 0 N–H and O–H groups in total. The van der Waals surface area contributed by atoms with E-state index in [1.807, 2.05) is 12.1 Å². The molecule has 0 fully saturated rings. The van der Waals surface area contributed by atoms with E-state index in [0.717, 1.165) is 12.8 Å². The van der Waals surface area contributed by atoms with E-state index in [4.69, 9.17) is 0 Å². The first kappa shape index (κ1) is 8.27. The van der Waals surface area contributed by atoms with Gasteiger partial charge in [-0.2, -0.15) is 0 Å². The summed E-state index contributed by atoms with van der Waals surface area (Å²) in [5, 5.41) is 2.49. The minimum Gasteiger partial charge on any atom is -0.147 e. The molecule has 0 saturated heterocycles. The predicted molar refractivity (Wildman–Crippen MR) is 59.7 cm³/mol. The topological polar surface area (TPSA) is 0 Å². The third kappa shape index (κ3) is 1.29. The molecule has 1 aliphatic carbocycles.